The predicted molar refractivity (Wildman–Crippen MR) is 80.9 cm³/mol. The standard InChI is InChI=1S/C17H30N2O/c1-2-7-17(8-3-1)12-15(6-11-20-17)18-16-13-19-9-4-14(16)5-10-19/h14-16,18H,1-13H2. The maximum Gasteiger partial charge on any atom is 0.0697 e. The minimum absolute atomic E-state index is 0.252. The molecule has 3 nitrogen and oxygen atoms in total. The average molecular weight is 278 g/mol. The zero-order valence-electron chi connectivity index (χ0n) is 12.8. The first-order chi connectivity index (χ1) is 9.83. The second kappa shape index (κ2) is 5.58. The number of hydrogen-bond donors (Lipinski definition) is 1. The molecule has 0 amide bonds. The fourth-order valence-electron chi connectivity index (χ4n) is 5.17. The predicted octanol–water partition coefficient (Wildman–Crippen LogP) is 2.55. The molecular weight excluding hydrogens is 248 g/mol. The van der Waals surface area contributed by atoms with Gasteiger partial charge in [0, 0.05) is 25.2 Å². The summed E-state index contributed by atoms with van der Waals surface area (Å²) >= 11 is 0. The highest BCUT2D eigenvalue weighted by Gasteiger charge is 2.41. The summed E-state index contributed by atoms with van der Waals surface area (Å²) in [7, 11) is 0. The van der Waals surface area contributed by atoms with Crippen LogP contribution in [-0.2, 0) is 4.74 Å². The summed E-state index contributed by atoms with van der Waals surface area (Å²) in [6, 6.07) is 1.48. The summed E-state index contributed by atoms with van der Waals surface area (Å²) in [5.41, 5.74) is 0.252. The van der Waals surface area contributed by atoms with Gasteiger partial charge in [-0.3, -0.25) is 0 Å². The number of rotatable bonds is 2. The van der Waals surface area contributed by atoms with Gasteiger partial charge >= 0.3 is 0 Å². The van der Waals surface area contributed by atoms with Gasteiger partial charge in [-0.15, -0.1) is 0 Å². The molecule has 114 valence electrons. The fraction of sp³-hybridized carbons (Fsp3) is 1.00. The molecule has 1 spiro atoms. The third-order valence-corrected chi connectivity index (χ3v) is 6.36. The minimum Gasteiger partial charge on any atom is -0.375 e. The van der Waals surface area contributed by atoms with E-state index < -0.39 is 0 Å². The molecule has 3 heteroatoms. The molecule has 4 heterocycles. The zero-order chi connectivity index (χ0) is 13.4. The highest BCUT2D eigenvalue weighted by Crippen LogP contribution is 2.39. The lowest BCUT2D eigenvalue weighted by molar-refractivity contribution is -0.112. The van der Waals surface area contributed by atoms with Crippen LogP contribution < -0.4 is 5.32 Å². The maximum absolute atomic E-state index is 6.24. The number of nitrogens with zero attached hydrogens (tertiary/aromatic N) is 1. The lowest BCUT2D eigenvalue weighted by Crippen LogP contribution is -2.60. The van der Waals surface area contributed by atoms with Gasteiger partial charge in [0.15, 0.2) is 0 Å². The summed E-state index contributed by atoms with van der Waals surface area (Å²) in [4.78, 5) is 2.66. The number of hydrogen-bond acceptors (Lipinski definition) is 3. The summed E-state index contributed by atoms with van der Waals surface area (Å²) < 4.78 is 6.24. The van der Waals surface area contributed by atoms with Crippen molar-refractivity contribution in [3.8, 4) is 0 Å². The molecule has 0 radical (unpaired) electrons. The molecule has 5 fully saturated rings. The molecule has 0 aromatic rings. The maximum atomic E-state index is 6.24. The van der Waals surface area contributed by atoms with E-state index in [4.69, 9.17) is 4.74 Å². The third kappa shape index (κ3) is 2.65. The average Bonchev–Trinajstić information content (AvgIpc) is 2.49. The normalized spacial score (nSPS) is 43.8. The quantitative estimate of drug-likeness (QED) is 0.840. The van der Waals surface area contributed by atoms with Gasteiger partial charge in [-0.05, 0) is 57.5 Å². The first-order valence-electron chi connectivity index (χ1n) is 8.95. The summed E-state index contributed by atoms with van der Waals surface area (Å²) in [6.45, 7) is 4.98. The van der Waals surface area contributed by atoms with Crippen molar-refractivity contribution in [3.63, 3.8) is 0 Å². The molecule has 20 heavy (non-hydrogen) atoms. The monoisotopic (exact) mass is 278 g/mol. The van der Waals surface area contributed by atoms with E-state index in [9.17, 15) is 0 Å². The fourth-order valence-corrected chi connectivity index (χ4v) is 5.17. The van der Waals surface area contributed by atoms with E-state index in [2.05, 4.69) is 10.2 Å². The van der Waals surface area contributed by atoms with Crippen molar-refractivity contribution in [1.29, 1.82) is 0 Å². The van der Waals surface area contributed by atoms with Gasteiger partial charge in [-0.25, -0.2) is 0 Å². The van der Waals surface area contributed by atoms with Crippen LogP contribution in [0.2, 0.25) is 0 Å². The number of nitrogens with one attached hydrogen (secondary N) is 1. The van der Waals surface area contributed by atoms with Crippen molar-refractivity contribution in [2.24, 2.45) is 5.92 Å². The number of ether oxygens (including phenoxy) is 1. The highest BCUT2D eigenvalue weighted by molar-refractivity contribution is 4.96. The van der Waals surface area contributed by atoms with Gasteiger partial charge in [-0.1, -0.05) is 19.3 Å². The van der Waals surface area contributed by atoms with Gasteiger partial charge in [0.05, 0.1) is 5.60 Å². The Morgan fingerprint density at radius 1 is 1.00 bits per heavy atom. The van der Waals surface area contributed by atoms with Crippen LogP contribution in [0.3, 0.4) is 0 Å². The number of piperidine rings is 3. The van der Waals surface area contributed by atoms with Gasteiger partial charge in [0.1, 0.15) is 0 Å². The summed E-state index contributed by atoms with van der Waals surface area (Å²) in [6.07, 6.45) is 12.2. The largest absolute Gasteiger partial charge is 0.375 e. The van der Waals surface area contributed by atoms with Crippen LogP contribution in [0, 0.1) is 5.92 Å². The molecule has 2 bridgehead atoms. The van der Waals surface area contributed by atoms with E-state index in [1.54, 1.807) is 0 Å². The zero-order valence-corrected chi connectivity index (χ0v) is 12.8. The van der Waals surface area contributed by atoms with Crippen LogP contribution in [0.5, 0.6) is 0 Å². The van der Waals surface area contributed by atoms with E-state index >= 15 is 0 Å². The Kier molecular flexibility index (Phi) is 3.78. The first kappa shape index (κ1) is 13.5. The van der Waals surface area contributed by atoms with E-state index in [0.717, 1.165) is 18.6 Å². The second-order valence-electron chi connectivity index (χ2n) is 7.69. The van der Waals surface area contributed by atoms with Crippen LogP contribution in [0.4, 0.5) is 0 Å². The highest BCUT2D eigenvalue weighted by atomic mass is 16.5. The Morgan fingerprint density at radius 3 is 2.50 bits per heavy atom. The van der Waals surface area contributed by atoms with E-state index in [-0.39, 0.29) is 5.60 Å². The molecule has 2 unspecified atom stereocenters. The van der Waals surface area contributed by atoms with Gasteiger partial charge in [0.25, 0.3) is 0 Å². The molecule has 4 aliphatic heterocycles. The molecule has 0 aromatic carbocycles. The SMILES string of the molecule is C1CCC2(CC1)CC(NC1CN3CCC1CC3)CCO2. The molecule has 4 saturated heterocycles. The topological polar surface area (TPSA) is 24.5 Å². The third-order valence-electron chi connectivity index (χ3n) is 6.36. The Bertz CT molecular complexity index is 326. The molecule has 1 N–H and O–H groups in total. The minimum atomic E-state index is 0.252. The van der Waals surface area contributed by atoms with Crippen LogP contribution in [0.25, 0.3) is 0 Å². The van der Waals surface area contributed by atoms with Crippen LogP contribution in [0.15, 0.2) is 0 Å². The molecule has 5 rings (SSSR count). The van der Waals surface area contributed by atoms with Gasteiger partial charge in [0.2, 0.25) is 0 Å². The smallest absolute Gasteiger partial charge is 0.0697 e. The molecular formula is C17H30N2O. The lowest BCUT2D eigenvalue weighted by atomic mass is 9.77. The van der Waals surface area contributed by atoms with Crippen molar-refractivity contribution in [2.45, 2.75) is 75.5 Å². The molecule has 5 aliphatic rings. The second-order valence-corrected chi connectivity index (χ2v) is 7.69. The van der Waals surface area contributed by atoms with Crippen molar-refractivity contribution in [2.75, 3.05) is 26.2 Å². The van der Waals surface area contributed by atoms with Crippen LogP contribution in [0.1, 0.15) is 57.8 Å². The Balaban J connectivity index is 1.36. The number of fused-ring (bicyclic) bond motifs is 3. The molecule has 1 saturated carbocycles. The molecule has 1 aliphatic carbocycles. The van der Waals surface area contributed by atoms with Gasteiger partial charge < -0.3 is 15.0 Å². The van der Waals surface area contributed by atoms with Crippen LogP contribution >= 0.6 is 0 Å². The first-order valence-corrected chi connectivity index (χ1v) is 8.95. The lowest BCUT2D eigenvalue weighted by Gasteiger charge is -2.49. The van der Waals surface area contributed by atoms with Crippen molar-refractivity contribution >= 4 is 0 Å². The van der Waals surface area contributed by atoms with Crippen LogP contribution in [-0.4, -0.2) is 48.8 Å². The molecule has 0 aromatic heterocycles. The molecule has 2 atom stereocenters. The van der Waals surface area contributed by atoms with E-state index in [1.165, 1.54) is 77.4 Å². The Morgan fingerprint density at radius 2 is 1.80 bits per heavy atom. The van der Waals surface area contributed by atoms with Crippen molar-refractivity contribution < 1.29 is 4.74 Å². The summed E-state index contributed by atoms with van der Waals surface area (Å²) in [5.74, 6) is 0.949. The van der Waals surface area contributed by atoms with Crippen molar-refractivity contribution in [3.05, 3.63) is 0 Å². The van der Waals surface area contributed by atoms with E-state index in [1.807, 2.05) is 0 Å². The van der Waals surface area contributed by atoms with Gasteiger partial charge in [-0.2, -0.15) is 0 Å². The Labute approximate surface area is 123 Å². The van der Waals surface area contributed by atoms with Crippen molar-refractivity contribution in [1.82, 2.24) is 10.2 Å². The van der Waals surface area contributed by atoms with E-state index in [0.29, 0.717) is 6.04 Å². The Hall–Kier alpha value is -0.120. The summed E-state index contributed by atoms with van der Waals surface area (Å²) in [5, 5.41) is 4.04.